The van der Waals surface area contributed by atoms with Crippen LogP contribution < -0.4 is 9.47 Å². The number of aryl methyl sites for hydroxylation is 1. The van der Waals surface area contributed by atoms with Crippen LogP contribution in [0.5, 0.6) is 11.5 Å². The van der Waals surface area contributed by atoms with Crippen LogP contribution in [-0.4, -0.2) is 43.6 Å². The van der Waals surface area contributed by atoms with Crippen LogP contribution in [0.4, 0.5) is 4.39 Å². The zero-order chi connectivity index (χ0) is 21.7. The van der Waals surface area contributed by atoms with Gasteiger partial charge in [-0.25, -0.2) is 9.37 Å². The zero-order valence-electron chi connectivity index (χ0n) is 17.6. The fourth-order valence-corrected chi connectivity index (χ4v) is 4.20. The molecule has 0 spiro atoms. The average Bonchev–Trinajstić information content (AvgIpc) is 3.12. The molecule has 2 aromatic carbocycles. The van der Waals surface area contributed by atoms with Crippen LogP contribution >= 0.6 is 11.3 Å². The molecule has 30 heavy (non-hydrogen) atoms. The molecule has 1 amide bonds. The number of methoxy groups -OCH3 is 2. The van der Waals surface area contributed by atoms with Gasteiger partial charge in [0.05, 0.1) is 24.9 Å². The second-order valence-electron chi connectivity index (χ2n) is 6.99. The van der Waals surface area contributed by atoms with Crippen molar-refractivity contribution in [3.8, 4) is 11.5 Å². The van der Waals surface area contributed by atoms with Crippen LogP contribution in [0.2, 0.25) is 0 Å². The van der Waals surface area contributed by atoms with E-state index in [2.05, 4.69) is 4.98 Å². The summed E-state index contributed by atoms with van der Waals surface area (Å²) in [6, 6.07) is 12.1. The number of carbonyl (C=O) groups excluding carboxylic acids is 1. The molecule has 1 aromatic heterocycles. The Morgan fingerprint density at radius 1 is 1.07 bits per heavy atom. The number of benzene rings is 2. The van der Waals surface area contributed by atoms with Crippen molar-refractivity contribution in [3.63, 3.8) is 0 Å². The summed E-state index contributed by atoms with van der Waals surface area (Å²) >= 11 is 1.40. The van der Waals surface area contributed by atoms with E-state index < -0.39 is 0 Å². The number of rotatable bonds is 8. The number of likely N-dealkylation sites (N-methyl/N-ethyl adjacent to an activating group) is 1. The minimum Gasteiger partial charge on any atom is -0.493 e. The van der Waals surface area contributed by atoms with Crippen LogP contribution in [0, 0.1) is 12.7 Å². The van der Waals surface area contributed by atoms with Gasteiger partial charge in [0.15, 0.2) is 11.5 Å². The van der Waals surface area contributed by atoms with Crippen molar-refractivity contribution < 1.29 is 18.7 Å². The largest absolute Gasteiger partial charge is 0.493 e. The van der Waals surface area contributed by atoms with E-state index in [1.54, 1.807) is 38.3 Å². The maximum Gasteiger partial charge on any atom is 0.265 e. The van der Waals surface area contributed by atoms with Crippen LogP contribution in [0.3, 0.4) is 0 Å². The molecule has 3 aromatic rings. The Balaban J connectivity index is 1.64. The zero-order valence-corrected chi connectivity index (χ0v) is 18.4. The average molecular weight is 429 g/mol. The number of hydrogen-bond donors (Lipinski definition) is 0. The van der Waals surface area contributed by atoms with Gasteiger partial charge >= 0.3 is 0 Å². The third kappa shape index (κ3) is 5.16. The molecule has 0 aliphatic rings. The van der Waals surface area contributed by atoms with Crippen LogP contribution in [0.25, 0.3) is 0 Å². The Bertz CT molecular complexity index is 1020. The predicted octanol–water partition coefficient (Wildman–Crippen LogP) is 4.51. The first-order chi connectivity index (χ1) is 14.4. The van der Waals surface area contributed by atoms with Gasteiger partial charge in [0.25, 0.3) is 5.91 Å². The Labute approximate surface area is 180 Å². The van der Waals surface area contributed by atoms with E-state index in [0.29, 0.717) is 35.8 Å². The first-order valence-corrected chi connectivity index (χ1v) is 10.4. The summed E-state index contributed by atoms with van der Waals surface area (Å²) in [7, 11) is 5.00. The molecule has 0 aliphatic carbocycles. The van der Waals surface area contributed by atoms with Crippen molar-refractivity contribution in [2.75, 3.05) is 27.8 Å². The molecule has 0 unspecified atom stereocenters. The van der Waals surface area contributed by atoms with Crippen molar-refractivity contribution >= 4 is 17.2 Å². The summed E-state index contributed by atoms with van der Waals surface area (Å²) in [5.41, 5.74) is 2.75. The van der Waals surface area contributed by atoms with Crippen molar-refractivity contribution in [1.82, 2.24) is 9.88 Å². The molecule has 3 rings (SSSR count). The second kappa shape index (κ2) is 9.71. The van der Waals surface area contributed by atoms with E-state index in [4.69, 9.17) is 9.47 Å². The van der Waals surface area contributed by atoms with E-state index in [1.807, 2.05) is 25.1 Å². The summed E-state index contributed by atoms with van der Waals surface area (Å²) in [5.74, 6) is 1.05. The molecule has 5 nitrogen and oxygen atoms in total. The summed E-state index contributed by atoms with van der Waals surface area (Å²) < 4.78 is 23.7. The highest BCUT2D eigenvalue weighted by molar-refractivity contribution is 7.13. The lowest BCUT2D eigenvalue weighted by molar-refractivity contribution is 0.0800. The summed E-state index contributed by atoms with van der Waals surface area (Å²) in [6.45, 7) is 2.42. The van der Waals surface area contributed by atoms with Gasteiger partial charge < -0.3 is 14.4 Å². The van der Waals surface area contributed by atoms with Gasteiger partial charge in [-0.1, -0.05) is 18.2 Å². The highest BCUT2D eigenvalue weighted by Crippen LogP contribution is 2.28. The molecule has 7 heteroatoms. The number of carbonyl (C=O) groups is 1. The van der Waals surface area contributed by atoms with Gasteiger partial charge in [-0.2, -0.15) is 0 Å². The SMILES string of the molecule is COc1ccc(CCN(C)C(=O)c2sc(Cc3ccc(F)cc3)nc2C)cc1OC. The molecule has 0 bridgehead atoms. The summed E-state index contributed by atoms with van der Waals surface area (Å²) in [4.78, 5) is 19.8. The number of thiazole rings is 1. The third-order valence-electron chi connectivity index (χ3n) is 4.83. The molecule has 0 radical (unpaired) electrons. The molecule has 1 heterocycles. The highest BCUT2D eigenvalue weighted by atomic mass is 32.1. The molecule has 0 saturated carbocycles. The first-order valence-electron chi connectivity index (χ1n) is 9.58. The molecule has 0 atom stereocenters. The van der Waals surface area contributed by atoms with E-state index in [-0.39, 0.29) is 11.7 Å². The van der Waals surface area contributed by atoms with Gasteiger partial charge in [0.2, 0.25) is 0 Å². The number of hydrogen-bond acceptors (Lipinski definition) is 5. The standard InChI is InChI=1S/C23H25FN2O3S/c1-15-22(30-21(25-15)14-16-5-8-18(24)9-6-16)23(27)26(2)12-11-17-7-10-19(28-3)20(13-17)29-4/h5-10,13H,11-12,14H2,1-4H3. The number of halogens is 1. The van der Waals surface area contributed by atoms with Gasteiger partial charge in [-0.3, -0.25) is 4.79 Å². The molecule has 0 aliphatic heterocycles. The van der Waals surface area contributed by atoms with E-state index >= 15 is 0 Å². The Morgan fingerprint density at radius 3 is 2.40 bits per heavy atom. The maximum atomic E-state index is 13.1. The first kappa shape index (κ1) is 21.8. The predicted molar refractivity (Wildman–Crippen MR) is 116 cm³/mol. The topological polar surface area (TPSA) is 51.7 Å². The van der Waals surface area contributed by atoms with Crippen molar-refractivity contribution in [2.24, 2.45) is 0 Å². The molecular weight excluding hydrogens is 403 g/mol. The number of nitrogens with zero attached hydrogens (tertiary/aromatic N) is 2. The van der Waals surface area contributed by atoms with Crippen molar-refractivity contribution in [1.29, 1.82) is 0 Å². The Hall–Kier alpha value is -2.93. The van der Waals surface area contributed by atoms with Gasteiger partial charge in [-0.05, 0) is 48.7 Å². The van der Waals surface area contributed by atoms with Gasteiger partial charge in [-0.15, -0.1) is 11.3 Å². The lowest BCUT2D eigenvalue weighted by Crippen LogP contribution is -2.28. The second-order valence-corrected chi connectivity index (χ2v) is 8.08. The van der Waals surface area contributed by atoms with E-state index in [1.165, 1.54) is 23.5 Å². The van der Waals surface area contributed by atoms with Crippen molar-refractivity contribution in [2.45, 2.75) is 19.8 Å². The molecule has 158 valence electrons. The lowest BCUT2D eigenvalue weighted by atomic mass is 10.1. The Kier molecular flexibility index (Phi) is 7.05. The minimum absolute atomic E-state index is 0.0455. The van der Waals surface area contributed by atoms with Crippen molar-refractivity contribution in [3.05, 3.63) is 75.0 Å². The fourth-order valence-electron chi connectivity index (χ4n) is 3.11. The smallest absolute Gasteiger partial charge is 0.265 e. The quantitative estimate of drug-likeness (QED) is 0.530. The monoisotopic (exact) mass is 428 g/mol. The Morgan fingerprint density at radius 2 is 1.73 bits per heavy atom. The number of amides is 1. The lowest BCUT2D eigenvalue weighted by Gasteiger charge is -2.17. The van der Waals surface area contributed by atoms with Gasteiger partial charge in [0, 0.05) is 20.0 Å². The number of aromatic nitrogens is 1. The maximum absolute atomic E-state index is 13.1. The molecule has 0 fully saturated rings. The minimum atomic E-state index is -0.263. The number of ether oxygens (including phenoxy) is 2. The van der Waals surface area contributed by atoms with Gasteiger partial charge in [0.1, 0.15) is 10.7 Å². The summed E-state index contributed by atoms with van der Waals surface area (Å²) in [5, 5.41) is 0.843. The van der Waals surface area contributed by atoms with E-state index in [0.717, 1.165) is 21.8 Å². The van der Waals surface area contributed by atoms with E-state index in [9.17, 15) is 9.18 Å². The van der Waals surface area contributed by atoms with Crippen LogP contribution in [0.1, 0.15) is 31.5 Å². The molecular formula is C23H25FN2O3S. The molecule has 0 N–H and O–H groups in total. The normalized spacial score (nSPS) is 10.7. The highest BCUT2D eigenvalue weighted by Gasteiger charge is 2.19. The third-order valence-corrected chi connectivity index (χ3v) is 5.98. The summed E-state index contributed by atoms with van der Waals surface area (Å²) in [6.07, 6.45) is 1.28. The van der Waals surface area contributed by atoms with Crippen LogP contribution in [-0.2, 0) is 12.8 Å². The van der Waals surface area contributed by atoms with Crippen LogP contribution in [0.15, 0.2) is 42.5 Å². The molecule has 0 saturated heterocycles. The fraction of sp³-hybridized carbons (Fsp3) is 0.304.